The summed E-state index contributed by atoms with van der Waals surface area (Å²) >= 11 is 0. The monoisotopic (exact) mass is 408 g/mol. The van der Waals surface area contributed by atoms with Crippen LogP contribution in [0, 0.1) is 0 Å². The summed E-state index contributed by atoms with van der Waals surface area (Å²) in [6.07, 6.45) is 0. The summed E-state index contributed by atoms with van der Waals surface area (Å²) in [4.78, 5) is 28.5. The number of ether oxygens (including phenoxy) is 2. The van der Waals surface area contributed by atoms with E-state index in [1.54, 1.807) is 24.3 Å². The number of sulfonamides is 1. The van der Waals surface area contributed by atoms with Gasteiger partial charge in [0.1, 0.15) is 5.75 Å². The number of anilines is 1. The quantitative estimate of drug-likeness (QED) is 0.522. The van der Waals surface area contributed by atoms with Crippen LogP contribution in [0.1, 0.15) is 10.4 Å². The zero-order valence-corrected chi connectivity index (χ0v) is 16.4. The average molecular weight is 408 g/mol. The van der Waals surface area contributed by atoms with E-state index < -0.39 is 28.5 Å². The van der Waals surface area contributed by atoms with E-state index in [0.29, 0.717) is 15.9 Å². The number of hydrogen-bond acceptors (Lipinski definition) is 7. The second kappa shape index (κ2) is 9.31. The Kier molecular flexibility index (Phi) is 7.10. The fourth-order valence-corrected chi connectivity index (χ4v) is 3.07. The highest BCUT2D eigenvalue weighted by molar-refractivity contribution is 7.89. The second-order valence-corrected chi connectivity index (χ2v) is 7.41. The number of methoxy groups -OCH3 is 1. The molecule has 2 aromatic rings. The van der Waals surface area contributed by atoms with Crippen LogP contribution in [0.3, 0.4) is 0 Å². The molecule has 0 saturated heterocycles. The van der Waals surface area contributed by atoms with Crippen LogP contribution in [0.25, 0.3) is 0 Å². The molecule has 1 amide bonds. The van der Waals surface area contributed by atoms with Crippen molar-refractivity contribution in [3.05, 3.63) is 54.1 Å². The predicted molar refractivity (Wildman–Crippen MR) is 100 cm³/mol. The molecule has 10 heteroatoms. The van der Waals surface area contributed by atoms with Crippen LogP contribution in [0.2, 0.25) is 0 Å². The number of esters is 1. The van der Waals surface area contributed by atoms with Crippen molar-refractivity contribution >= 4 is 27.6 Å². The minimum absolute atomic E-state index is 0.0503. The third-order valence-corrected chi connectivity index (χ3v) is 5.39. The first kappa shape index (κ1) is 21.4. The van der Waals surface area contributed by atoms with E-state index in [1.165, 1.54) is 45.5 Å². The summed E-state index contributed by atoms with van der Waals surface area (Å²) in [5.74, 6) is -0.625. The van der Waals surface area contributed by atoms with Crippen molar-refractivity contribution in [1.29, 1.82) is 0 Å². The molecule has 2 aromatic carbocycles. The molecule has 0 aromatic heterocycles. The third-order valence-electron chi connectivity index (χ3n) is 3.69. The Labute approximate surface area is 162 Å². The average Bonchev–Trinajstić information content (AvgIpc) is 2.72. The maximum Gasteiger partial charge on any atom is 0.338 e. The maximum absolute atomic E-state index is 12.1. The van der Waals surface area contributed by atoms with Crippen LogP contribution in [0.4, 0.5) is 5.69 Å². The number of hydroxylamine groups is 1. The molecule has 0 unspecified atom stereocenters. The Hall–Kier alpha value is -2.95. The zero-order valence-electron chi connectivity index (χ0n) is 15.5. The van der Waals surface area contributed by atoms with Gasteiger partial charge in [0.2, 0.25) is 0 Å². The van der Waals surface area contributed by atoms with E-state index in [9.17, 15) is 18.0 Å². The number of carbonyl (C=O) groups is 2. The van der Waals surface area contributed by atoms with Crippen LogP contribution in [0.15, 0.2) is 53.4 Å². The van der Waals surface area contributed by atoms with E-state index in [4.69, 9.17) is 9.47 Å². The molecule has 1 N–H and O–H groups in total. The van der Waals surface area contributed by atoms with Crippen molar-refractivity contribution in [1.82, 2.24) is 4.47 Å². The molecule has 0 atom stereocenters. The molecule has 0 heterocycles. The highest BCUT2D eigenvalue weighted by Gasteiger charge is 2.21. The molecule has 0 saturated carbocycles. The molecular weight excluding hydrogens is 388 g/mol. The van der Waals surface area contributed by atoms with Gasteiger partial charge in [0.05, 0.1) is 24.7 Å². The Balaban J connectivity index is 1.92. The summed E-state index contributed by atoms with van der Waals surface area (Å²) in [7, 11) is 0.193. The smallest absolute Gasteiger partial charge is 0.338 e. The number of amides is 1. The van der Waals surface area contributed by atoms with Gasteiger partial charge in [0.25, 0.3) is 15.9 Å². The van der Waals surface area contributed by atoms with Gasteiger partial charge in [0, 0.05) is 12.7 Å². The van der Waals surface area contributed by atoms with Gasteiger partial charge in [-0.15, -0.1) is 0 Å². The lowest BCUT2D eigenvalue weighted by Crippen LogP contribution is -2.25. The van der Waals surface area contributed by atoms with Crippen molar-refractivity contribution in [2.24, 2.45) is 0 Å². The van der Waals surface area contributed by atoms with Crippen LogP contribution >= 0.6 is 0 Å². The Bertz CT molecular complexity index is 925. The van der Waals surface area contributed by atoms with Crippen molar-refractivity contribution in [2.75, 3.05) is 33.2 Å². The van der Waals surface area contributed by atoms with Crippen molar-refractivity contribution < 1.29 is 32.3 Å². The number of benzene rings is 2. The summed E-state index contributed by atoms with van der Waals surface area (Å²) in [5, 5.41) is 2.58. The molecule has 0 fully saturated rings. The van der Waals surface area contributed by atoms with Gasteiger partial charge in [-0.25, -0.2) is 13.2 Å². The van der Waals surface area contributed by atoms with E-state index in [1.807, 2.05) is 0 Å². The first-order valence-corrected chi connectivity index (χ1v) is 9.46. The SMILES string of the molecule is COc1ccc(NC(=O)COC(=O)c2ccc(S(=O)(=O)N(C)OC)cc2)cc1. The lowest BCUT2D eigenvalue weighted by Gasteiger charge is -2.14. The fraction of sp³-hybridized carbons (Fsp3) is 0.222. The summed E-state index contributed by atoms with van der Waals surface area (Å²) in [6, 6.07) is 11.7. The van der Waals surface area contributed by atoms with Gasteiger partial charge in [-0.2, -0.15) is 0 Å². The molecular formula is C18H20N2O7S. The lowest BCUT2D eigenvalue weighted by atomic mass is 10.2. The van der Waals surface area contributed by atoms with Crippen molar-refractivity contribution in [2.45, 2.75) is 4.90 Å². The summed E-state index contributed by atoms with van der Waals surface area (Å²) < 4.78 is 34.9. The highest BCUT2D eigenvalue weighted by atomic mass is 32.2. The molecule has 0 radical (unpaired) electrons. The minimum Gasteiger partial charge on any atom is -0.497 e. The summed E-state index contributed by atoms with van der Waals surface area (Å²) in [5.41, 5.74) is 0.634. The molecule has 0 aliphatic heterocycles. The van der Waals surface area contributed by atoms with Gasteiger partial charge in [0.15, 0.2) is 6.61 Å². The number of rotatable bonds is 8. The lowest BCUT2D eigenvalue weighted by molar-refractivity contribution is -0.119. The topological polar surface area (TPSA) is 111 Å². The van der Waals surface area contributed by atoms with Crippen molar-refractivity contribution in [3.63, 3.8) is 0 Å². The van der Waals surface area contributed by atoms with Crippen molar-refractivity contribution in [3.8, 4) is 5.75 Å². The molecule has 150 valence electrons. The second-order valence-electron chi connectivity index (χ2n) is 5.47. The van der Waals surface area contributed by atoms with Crippen LogP contribution in [0.5, 0.6) is 5.75 Å². The predicted octanol–water partition coefficient (Wildman–Crippen LogP) is 1.67. The van der Waals surface area contributed by atoms with Gasteiger partial charge >= 0.3 is 5.97 Å². The molecule has 28 heavy (non-hydrogen) atoms. The van der Waals surface area contributed by atoms with Gasteiger partial charge < -0.3 is 14.8 Å². The fourth-order valence-electron chi connectivity index (χ4n) is 2.10. The number of hydrogen-bond donors (Lipinski definition) is 1. The van der Waals surface area contributed by atoms with E-state index >= 15 is 0 Å². The van der Waals surface area contributed by atoms with Gasteiger partial charge in [-0.05, 0) is 48.5 Å². The number of nitrogens with one attached hydrogen (secondary N) is 1. The first-order valence-electron chi connectivity index (χ1n) is 8.02. The molecule has 2 rings (SSSR count). The normalized spacial score (nSPS) is 11.1. The molecule has 0 bridgehead atoms. The molecule has 0 aliphatic rings. The minimum atomic E-state index is -3.81. The third kappa shape index (κ3) is 5.28. The largest absolute Gasteiger partial charge is 0.497 e. The van der Waals surface area contributed by atoms with Crippen LogP contribution in [-0.2, 0) is 24.4 Å². The molecule has 9 nitrogen and oxygen atoms in total. The first-order chi connectivity index (χ1) is 13.3. The van der Waals surface area contributed by atoms with E-state index in [0.717, 1.165) is 0 Å². The van der Waals surface area contributed by atoms with Gasteiger partial charge in [-0.1, -0.05) is 4.47 Å². The molecule has 0 spiro atoms. The Morgan fingerprint density at radius 2 is 1.61 bits per heavy atom. The van der Waals surface area contributed by atoms with Crippen LogP contribution < -0.4 is 10.1 Å². The summed E-state index contributed by atoms with van der Waals surface area (Å²) in [6.45, 7) is -0.489. The van der Waals surface area contributed by atoms with E-state index in [2.05, 4.69) is 10.2 Å². The van der Waals surface area contributed by atoms with Crippen LogP contribution in [-0.4, -0.2) is 52.6 Å². The zero-order chi connectivity index (χ0) is 20.7. The Morgan fingerprint density at radius 3 is 2.14 bits per heavy atom. The van der Waals surface area contributed by atoms with E-state index in [-0.39, 0.29) is 10.5 Å². The highest BCUT2D eigenvalue weighted by Crippen LogP contribution is 2.16. The number of carbonyl (C=O) groups excluding carboxylic acids is 2. The maximum atomic E-state index is 12.1. The molecule has 0 aliphatic carbocycles. The Morgan fingerprint density at radius 1 is 1.00 bits per heavy atom. The standard InChI is InChI=1S/C18H20N2O7S/c1-20(26-3)28(23,24)16-10-4-13(5-11-16)18(22)27-12-17(21)19-14-6-8-15(25-2)9-7-14/h4-11H,12H2,1-3H3,(H,19,21). The number of nitrogens with zero attached hydrogens (tertiary/aromatic N) is 1. The van der Waals surface area contributed by atoms with Gasteiger partial charge in [-0.3, -0.25) is 9.63 Å².